The Kier molecular flexibility index (Phi) is 7.22. The van der Waals surface area contributed by atoms with Crippen molar-refractivity contribution in [3.8, 4) is 5.75 Å². The number of ether oxygens (including phenoxy) is 1. The highest BCUT2D eigenvalue weighted by atomic mass is 19.1. The highest BCUT2D eigenvalue weighted by Crippen LogP contribution is 2.22. The minimum absolute atomic E-state index is 0.0258. The van der Waals surface area contributed by atoms with Crippen molar-refractivity contribution in [2.45, 2.75) is 57.6 Å². The molecular weight excluding hydrogens is 371 g/mol. The van der Waals surface area contributed by atoms with Gasteiger partial charge in [-0.05, 0) is 43.5 Å². The lowest BCUT2D eigenvalue weighted by Crippen LogP contribution is -2.37. The standard InChI is InChI=1S/C23H27FN2O3/c1-2-20(29-21-15-9-7-13-18(21)24)23(28)26-19-14-8-6-12-17(19)22(27)25-16-10-4-3-5-11-16/h6-9,12-16,20H,2-5,10-11H2,1H3,(H,25,27)(H,26,28)/t20-/m1/s1. The summed E-state index contributed by atoms with van der Waals surface area (Å²) in [5.74, 6) is -1.12. The van der Waals surface area contributed by atoms with Crippen LogP contribution in [-0.4, -0.2) is 24.0 Å². The third-order valence-corrected chi connectivity index (χ3v) is 5.14. The number of carbonyl (C=O) groups excluding carboxylic acids is 2. The lowest BCUT2D eigenvalue weighted by molar-refractivity contribution is -0.122. The minimum atomic E-state index is -0.874. The van der Waals surface area contributed by atoms with E-state index in [0.717, 1.165) is 25.7 Å². The molecule has 1 aliphatic rings. The van der Waals surface area contributed by atoms with Gasteiger partial charge < -0.3 is 15.4 Å². The average Bonchev–Trinajstić information content (AvgIpc) is 2.74. The predicted molar refractivity (Wildman–Crippen MR) is 111 cm³/mol. The lowest BCUT2D eigenvalue weighted by atomic mass is 9.95. The Bertz CT molecular complexity index is 850. The molecule has 2 amide bonds. The van der Waals surface area contributed by atoms with Crippen LogP contribution in [0.1, 0.15) is 55.8 Å². The summed E-state index contributed by atoms with van der Waals surface area (Å²) < 4.78 is 19.4. The van der Waals surface area contributed by atoms with Gasteiger partial charge >= 0.3 is 0 Å². The van der Waals surface area contributed by atoms with Crippen LogP contribution in [0, 0.1) is 5.82 Å². The highest BCUT2D eigenvalue weighted by Gasteiger charge is 2.23. The van der Waals surface area contributed by atoms with Crippen molar-refractivity contribution in [1.29, 1.82) is 0 Å². The van der Waals surface area contributed by atoms with Crippen LogP contribution in [0.15, 0.2) is 48.5 Å². The molecule has 0 spiro atoms. The molecule has 3 rings (SSSR count). The van der Waals surface area contributed by atoms with E-state index in [1.807, 2.05) is 0 Å². The molecular formula is C23H27FN2O3. The van der Waals surface area contributed by atoms with Gasteiger partial charge in [0.05, 0.1) is 11.3 Å². The average molecular weight is 398 g/mol. The monoisotopic (exact) mass is 398 g/mol. The zero-order chi connectivity index (χ0) is 20.6. The van der Waals surface area contributed by atoms with Gasteiger partial charge in [0.1, 0.15) is 0 Å². The molecule has 0 heterocycles. The first-order valence-electron chi connectivity index (χ1n) is 10.2. The van der Waals surface area contributed by atoms with Crippen molar-refractivity contribution in [2.75, 3.05) is 5.32 Å². The normalized spacial score (nSPS) is 15.4. The number of hydrogen-bond donors (Lipinski definition) is 2. The molecule has 2 aromatic carbocycles. The Morgan fingerprint density at radius 3 is 2.48 bits per heavy atom. The first-order chi connectivity index (χ1) is 14.1. The Hall–Kier alpha value is -2.89. The smallest absolute Gasteiger partial charge is 0.265 e. The first-order valence-corrected chi connectivity index (χ1v) is 10.2. The number of benzene rings is 2. The van der Waals surface area contributed by atoms with E-state index in [1.165, 1.54) is 18.6 Å². The van der Waals surface area contributed by atoms with Crippen LogP contribution < -0.4 is 15.4 Å². The Balaban J connectivity index is 1.69. The van der Waals surface area contributed by atoms with Crippen molar-refractivity contribution < 1.29 is 18.7 Å². The van der Waals surface area contributed by atoms with Crippen molar-refractivity contribution in [3.05, 3.63) is 59.9 Å². The second-order valence-electron chi connectivity index (χ2n) is 7.29. The second kappa shape index (κ2) is 10.0. The van der Waals surface area contributed by atoms with Gasteiger partial charge in [-0.25, -0.2) is 4.39 Å². The number of amides is 2. The maximum Gasteiger partial charge on any atom is 0.265 e. The largest absolute Gasteiger partial charge is 0.478 e. The van der Waals surface area contributed by atoms with Crippen molar-refractivity contribution in [1.82, 2.24) is 5.32 Å². The zero-order valence-corrected chi connectivity index (χ0v) is 16.6. The molecule has 0 aromatic heterocycles. The van der Waals surface area contributed by atoms with Crippen LogP contribution >= 0.6 is 0 Å². The molecule has 0 aliphatic heterocycles. The summed E-state index contributed by atoms with van der Waals surface area (Å²) in [5.41, 5.74) is 0.827. The summed E-state index contributed by atoms with van der Waals surface area (Å²) in [7, 11) is 0. The Labute approximate surface area is 170 Å². The highest BCUT2D eigenvalue weighted by molar-refractivity contribution is 6.04. The minimum Gasteiger partial charge on any atom is -0.478 e. The van der Waals surface area contributed by atoms with E-state index < -0.39 is 17.8 Å². The number of carbonyl (C=O) groups is 2. The van der Waals surface area contributed by atoms with Crippen LogP contribution in [0.3, 0.4) is 0 Å². The number of para-hydroxylation sites is 2. The molecule has 1 aliphatic carbocycles. The molecule has 29 heavy (non-hydrogen) atoms. The van der Waals surface area contributed by atoms with E-state index in [1.54, 1.807) is 43.3 Å². The Morgan fingerprint density at radius 1 is 1.07 bits per heavy atom. The molecule has 0 bridgehead atoms. The number of anilines is 1. The second-order valence-corrected chi connectivity index (χ2v) is 7.29. The molecule has 5 nitrogen and oxygen atoms in total. The van der Waals surface area contributed by atoms with Gasteiger partial charge in [0.25, 0.3) is 11.8 Å². The molecule has 0 unspecified atom stereocenters. The molecule has 1 atom stereocenters. The quantitative estimate of drug-likeness (QED) is 0.711. The van der Waals surface area contributed by atoms with Crippen LogP contribution in [0.5, 0.6) is 5.75 Å². The fourth-order valence-corrected chi connectivity index (χ4v) is 3.53. The lowest BCUT2D eigenvalue weighted by Gasteiger charge is -2.23. The topological polar surface area (TPSA) is 67.4 Å². The van der Waals surface area contributed by atoms with Gasteiger partial charge in [-0.2, -0.15) is 0 Å². The summed E-state index contributed by atoms with van der Waals surface area (Å²) in [6, 6.07) is 13.0. The van der Waals surface area contributed by atoms with Crippen LogP contribution in [-0.2, 0) is 4.79 Å². The van der Waals surface area contributed by atoms with Crippen LogP contribution in [0.25, 0.3) is 0 Å². The van der Waals surface area contributed by atoms with Gasteiger partial charge in [-0.3, -0.25) is 9.59 Å². The molecule has 2 aromatic rings. The number of nitrogens with one attached hydrogen (secondary N) is 2. The van der Waals surface area contributed by atoms with Gasteiger partial charge in [0.15, 0.2) is 17.7 Å². The SMILES string of the molecule is CC[C@@H](Oc1ccccc1F)C(=O)Nc1ccccc1C(=O)NC1CCCCC1. The van der Waals surface area contributed by atoms with Gasteiger partial charge in [0.2, 0.25) is 0 Å². The zero-order valence-electron chi connectivity index (χ0n) is 16.6. The van der Waals surface area contributed by atoms with Crippen molar-refractivity contribution in [2.24, 2.45) is 0 Å². The first kappa shape index (κ1) is 20.8. The maximum atomic E-state index is 13.9. The fourth-order valence-electron chi connectivity index (χ4n) is 3.53. The predicted octanol–water partition coefficient (Wildman–Crippen LogP) is 4.68. The molecule has 154 valence electrons. The third kappa shape index (κ3) is 5.56. The summed E-state index contributed by atoms with van der Waals surface area (Å²) >= 11 is 0. The fraction of sp³-hybridized carbons (Fsp3) is 0.391. The van der Waals surface area contributed by atoms with E-state index in [2.05, 4.69) is 10.6 Å². The van der Waals surface area contributed by atoms with E-state index in [4.69, 9.17) is 4.74 Å². The van der Waals surface area contributed by atoms with Crippen LogP contribution in [0.4, 0.5) is 10.1 Å². The molecule has 2 N–H and O–H groups in total. The summed E-state index contributed by atoms with van der Waals surface area (Å²) in [6.07, 6.45) is 4.89. The van der Waals surface area contributed by atoms with Gasteiger partial charge in [-0.1, -0.05) is 50.5 Å². The molecule has 0 saturated heterocycles. The Morgan fingerprint density at radius 2 is 1.76 bits per heavy atom. The third-order valence-electron chi connectivity index (χ3n) is 5.14. The van der Waals surface area contributed by atoms with E-state index >= 15 is 0 Å². The van der Waals surface area contributed by atoms with Crippen LogP contribution in [0.2, 0.25) is 0 Å². The summed E-state index contributed by atoms with van der Waals surface area (Å²) in [5, 5.41) is 5.84. The number of hydrogen-bond acceptors (Lipinski definition) is 3. The molecule has 1 saturated carbocycles. The van der Waals surface area contributed by atoms with Gasteiger partial charge in [-0.15, -0.1) is 0 Å². The number of rotatable bonds is 7. The molecule has 0 radical (unpaired) electrons. The molecule has 6 heteroatoms. The number of halogens is 1. The van der Waals surface area contributed by atoms with E-state index in [-0.39, 0.29) is 17.7 Å². The summed E-state index contributed by atoms with van der Waals surface area (Å²) in [4.78, 5) is 25.5. The van der Waals surface area contributed by atoms with Crippen molar-refractivity contribution in [3.63, 3.8) is 0 Å². The maximum absolute atomic E-state index is 13.9. The molecule has 1 fully saturated rings. The summed E-state index contributed by atoms with van der Waals surface area (Å²) in [6.45, 7) is 1.78. The van der Waals surface area contributed by atoms with Crippen molar-refractivity contribution >= 4 is 17.5 Å². The van der Waals surface area contributed by atoms with E-state index in [9.17, 15) is 14.0 Å². The van der Waals surface area contributed by atoms with E-state index in [0.29, 0.717) is 17.7 Å². The van der Waals surface area contributed by atoms with Gasteiger partial charge in [0, 0.05) is 6.04 Å².